The Morgan fingerprint density at radius 2 is 1.83 bits per heavy atom. The van der Waals surface area contributed by atoms with E-state index < -0.39 is 0 Å². The summed E-state index contributed by atoms with van der Waals surface area (Å²) in [6.07, 6.45) is 8.49. The Kier molecular flexibility index (Phi) is 6.51. The lowest BCUT2D eigenvalue weighted by Crippen LogP contribution is -2.42. The molecule has 0 aromatic carbocycles. The van der Waals surface area contributed by atoms with Gasteiger partial charge in [0.2, 0.25) is 5.88 Å². The van der Waals surface area contributed by atoms with Gasteiger partial charge in [0.1, 0.15) is 6.10 Å². The summed E-state index contributed by atoms with van der Waals surface area (Å²) < 4.78 is 16.9. The van der Waals surface area contributed by atoms with Crippen molar-refractivity contribution in [3.8, 4) is 11.9 Å². The maximum Gasteiger partial charge on any atom is 0.316 e. The Bertz CT molecular complexity index is 773. The average Bonchev–Trinajstić information content (AvgIpc) is 2.79. The Morgan fingerprint density at radius 3 is 2.52 bits per heavy atom. The van der Waals surface area contributed by atoms with Crippen LogP contribution in [0.15, 0.2) is 36.8 Å². The minimum Gasteiger partial charge on any atom is -0.477 e. The summed E-state index contributed by atoms with van der Waals surface area (Å²) in [4.78, 5) is 27.1. The van der Waals surface area contributed by atoms with Crippen LogP contribution in [0.2, 0.25) is 0 Å². The van der Waals surface area contributed by atoms with Crippen LogP contribution in [0.3, 0.4) is 0 Å². The van der Waals surface area contributed by atoms with Crippen LogP contribution < -0.4 is 9.47 Å². The molecule has 0 unspecified atom stereocenters. The summed E-state index contributed by atoms with van der Waals surface area (Å²) in [6, 6.07) is 5.70. The summed E-state index contributed by atoms with van der Waals surface area (Å²) in [5.74, 6) is 1.06. The van der Waals surface area contributed by atoms with Crippen LogP contribution in [0.25, 0.3) is 0 Å². The van der Waals surface area contributed by atoms with E-state index in [1.54, 1.807) is 36.8 Å². The topological polar surface area (TPSA) is 86.7 Å². The molecular formula is C21H26N4O4. The lowest BCUT2D eigenvalue weighted by molar-refractivity contribution is 0.0489. The van der Waals surface area contributed by atoms with Crippen molar-refractivity contribution in [1.82, 2.24) is 19.9 Å². The van der Waals surface area contributed by atoms with Crippen molar-refractivity contribution < 1.29 is 19.0 Å². The van der Waals surface area contributed by atoms with E-state index in [9.17, 15) is 4.79 Å². The predicted molar refractivity (Wildman–Crippen MR) is 105 cm³/mol. The summed E-state index contributed by atoms with van der Waals surface area (Å²) >= 11 is 0. The van der Waals surface area contributed by atoms with Crippen molar-refractivity contribution in [3.63, 3.8) is 0 Å². The minimum atomic E-state index is -0.0112. The number of pyridine rings is 1. The van der Waals surface area contributed by atoms with Crippen LogP contribution in [-0.2, 0) is 4.74 Å². The van der Waals surface area contributed by atoms with Crippen LogP contribution in [0, 0.1) is 5.92 Å². The Morgan fingerprint density at radius 1 is 1.07 bits per heavy atom. The standard InChI is InChI=1S/C21H26N4O4/c26-20(25-10-4-18(5-11-25)29-21-22-8-1-9-23-21)17-2-3-19(24-14-17)28-15-16-6-12-27-13-7-16/h1-3,8-9,14,16,18H,4-7,10-13,15H2. The molecular weight excluding hydrogens is 372 g/mol. The molecule has 0 bridgehead atoms. The number of piperidine rings is 1. The largest absolute Gasteiger partial charge is 0.477 e. The first-order valence-electron chi connectivity index (χ1n) is 10.2. The van der Waals surface area contributed by atoms with E-state index in [1.807, 2.05) is 4.90 Å². The Hall–Kier alpha value is -2.74. The molecule has 2 saturated heterocycles. The molecule has 0 N–H and O–H groups in total. The molecule has 4 rings (SSSR count). The number of ether oxygens (including phenoxy) is 3. The van der Waals surface area contributed by atoms with Crippen molar-refractivity contribution in [1.29, 1.82) is 0 Å². The number of carbonyl (C=O) groups excluding carboxylic acids is 1. The van der Waals surface area contributed by atoms with E-state index in [0.717, 1.165) is 38.9 Å². The molecule has 0 aliphatic carbocycles. The highest BCUT2D eigenvalue weighted by Gasteiger charge is 2.25. The molecule has 0 saturated carbocycles. The lowest BCUT2D eigenvalue weighted by atomic mass is 10.0. The van der Waals surface area contributed by atoms with Crippen LogP contribution in [0.5, 0.6) is 11.9 Å². The van der Waals surface area contributed by atoms with Gasteiger partial charge in [0.05, 0.1) is 12.2 Å². The monoisotopic (exact) mass is 398 g/mol. The van der Waals surface area contributed by atoms with E-state index in [0.29, 0.717) is 43.1 Å². The van der Waals surface area contributed by atoms with E-state index in [1.165, 1.54) is 0 Å². The number of likely N-dealkylation sites (tertiary alicyclic amines) is 1. The molecule has 4 heterocycles. The second kappa shape index (κ2) is 9.65. The van der Waals surface area contributed by atoms with Gasteiger partial charge in [-0.15, -0.1) is 0 Å². The van der Waals surface area contributed by atoms with Crippen molar-refractivity contribution >= 4 is 5.91 Å². The van der Waals surface area contributed by atoms with E-state index >= 15 is 0 Å². The highest BCUT2D eigenvalue weighted by molar-refractivity contribution is 5.94. The van der Waals surface area contributed by atoms with Crippen molar-refractivity contribution in [2.75, 3.05) is 32.9 Å². The fourth-order valence-electron chi connectivity index (χ4n) is 3.56. The number of hydrogen-bond acceptors (Lipinski definition) is 7. The van der Waals surface area contributed by atoms with Crippen LogP contribution >= 0.6 is 0 Å². The molecule has 2 aliphatic heterocycles. The molecule has 2 aromatic heterocycles. The summed E-state index contributed by atoms with van der Waals surface area (Å²) in [5.41, 5.74) is 0.578. The molecule has 2 aliphatic rings. The molecule has 0 spiro atoms. The quantitative estimate of drug-likeness (QED) is 0.738. The van der Waals surface area contributed by atoms with Gasteiger partial charge in [-0.3, -0.25) is 4.79 Å². The number of amides is 1. The highest BCUT2D eigenvalue weighted by atomic mass is 16.5. The first kappa shape index (κ1) is 19.6. The Labute approximate surface area is 170 Å². The van der Waals surface area contributed by atoms with Crippen LogP contribution in [-0.4, -0.2) is 64.8 Å². The summed E-state index contributed by atoms with van der Waals surface area (Å²) in [6.45, 7) is 3.52. The minimum absolute atomic E-state index is 0.0112. The molecule has 29 heavy (non-hydrogen) atoms. The number of hydrogen-bond donors (Lipinski definition) is 0. The van der Waals surface area contributed by atoms with Crippen molar-refractivity contribution in [3.05, 3.63) is 42.4 Å². The third-order valence-electron chi connectivity index (χ3n) is 5.33. The second-order valence-electron chi connectivity index (χ2n) is 7.39. The molecule has 0 atom stereocenters. The zero-order valence-corrected chi connectivity index (χ0v) is 16.4. The molecule has 8 nitrogen and oxygen atoms in total. The van der Waals surface area contributed by atoms with Gasteiger partial charge in [-0.1, -0.05) is 0 Å². The normalized spacial score (nSPS) is 18.4. The maximum atomic E-state index is 12.7. The number of carbonyl (C=O) groups is 1. The van der Waals surface area contributed by atoms with Gasteiger partial charge in [0.15, 0.2) is 0 Å². The fourth-order valence-corrected chi connectivity index (χ4v) is 3.56. The number of nitrogens with zero attached hydrogens (tertiary/aromatic N) is 4. The van der Waals surface area contributed by atoms with Crippen molar-refractivity contribution in [2.45, 2.75) is 31.8 Å². The Balaban J connectivity index is 1.24. The average molecular weight is 398 g/mol. The first-order valence-corrected chi connectivity index (χ1v) is 10.2. The number of rotatable bonds is 6. The van der Waals surface area contributed by atoms with Gasteiger partial charge in [-0.05, 0) is 30.9 Å². The van der Waals surface area contributed by atoms with Gasteiger partial charge >= 0.3 is 6.01 Å². The number of aromatic nitrogens is 3. The predicted octanol–water partition coefficient (Wildman–Crippen LogP) is 2.36. The van der Waals surface area contributed by atoms with Crippen LogP contribution in [0.1, 0.15) is 36.0 Å². The zero-order valence-electron chi connectivity index (χ0n) is 16.4. The summed E-state index contributed by atoms with van der Waals surface area (Å²) in [7, 11) is 0. The van der Waals surface area contributed by atoms with Crippen molar-refractivity contribution in [2.24, 2.45) is 5.92 Å². The van der Waals surface area contributed by atoms with Gasteiger partial charge < -0.3 is 19.1 Å². The second-order valence-corrected chi connectivity index (χ2v) is 7.39. The van der Waals surface area contributed by atoms with Crippen LogP contribution in [0.4, 0.5) is 0 Å². The van der Waals surface area contributed by atoms with E-state index in [4.69, 9.17) is 14.2 Å². The van der Waals surface area contributed by atoms with E-state index in [2.05, 4.69) is 15.0 Å². The molecule has 154 valence electrons. The third-order valence-corrected chi connectivity index (χ3v) is 5.33. The van der Waals surface area contributed by atoms with Gasteiger partial charge in [-0.2, -0.15) is 0 Å². The van der Waals surface area contributed by atoms with Gasteiger partial charge in [-0.25, -0.2) is 15.0 Å². The zero-order chi connectivity index (χ0) is 19.9. The molecule has 0 radical (unpaired) electrons. The maximum absolute atomic E-state index is 12.7. The smallest absolute Gasteiger partial charge is 0.316 e. The van der Waals surface area contributed by atoms with Gasteiger partial charge in [0, 0.05) is 63.8 Å². The lowest BCUT2D eigenvalue weighted by Gasteiger charge is -2.31. The third kappa shape index (κ3) is 5.41. The molecule has 1 amide bonds. The highest BCUT2D eigenvalue weighted by Crippen LogP contribution is 2.19. The van der Waals surface area contributed by atoms with E-state index in [-0.39, 0.29) is 12.0 Å². The van der Waals surface area contributed by atoms with Gasteiger partial charge in [0.25, 0.3) is 5.91 Å². The molecule has 2 fully saturated rings. The SMILES string of the molecule is O=C(c1ccc(OCC2CCOCC2)nc1)N1CCC(Oc2ncccn2)CC1. The summed E-state index contributed by atoms with van der Waals surface area (Å²) in [5, 5.41) is 0. The molecule has 8 heteroatoms. The fraction of sp³-hybridized carbons (Fsp3) is 0.524. The molecule has 2 aromatic rings. The first-order chi connectivity index (χ1) is 14.3.